The summed E-state index contributed by atoms with van der Waals surface area (Å²) in [5.74, 6) is -3.23. The van der Waals surface area contributed by atoms with Gasteiger partial charge in [-0.05, 0) is 100 Å². The van der Waals surface area contributed by atoms with E-state index in [2.05, 4.69) is 39.3 Å². The number of hydrogen-bond acceptors (Lipinski definition) is 11. The van der Waals surface area contributed by atoms with Crippen molar-refractivity contribution in [3.05, 3.63) is 92.8 Å². The summed E-state index contributed by atoms with van der Waals surface area (Å²) < 4.78 is 7.25. The molecule has 3 aliphatic rings. The number of ether oxygens (including phenoxy) is 1. The molecule has 0 saturated heterocycles. The molecule has 5 N–H and O–H groups in total. The summed E-state index contributed by atoms with van der Waals surface area (Å²) in [4.78, 5) is 105. The largest absolute Gasteiger partial charge is 0.480 e. The van der Waals surface area contributed by atoms with E-state index in [0.29, 0.717) is 99.8 Å². The molecule has 8 rings (SSSR count). The van der Waals surface area contributed by atoms with Gasteiger partial charge in [-0.3, -0.25) is 33.9 Å². The molecule has 75 heavy (non-hydrogen) atoms. The second kappa shape index (κ2) is 23.1. The van der Waals surface area contributed by atoms with E-state index in [1.54, 1.807) is 6.92 Å². The number of amides is 2. The Morgan fingerprint density at radius 3 is 2.23 bits per heavy atom. The highest BCUT2D eigenvalue weighted by Gasteiger charge is 2.45. The topological polar surface area (TPSA) is 234 Å². The van der Waals surface area contributed by atoms with Gasteiger partial charge in [0.1, 0.15) is 17.8 Å². The molecule has 0 fully saturated rings. The third kappa shape index (κ3) is 10.9. The zero-order valence-corrected chi connectivity index (χ0v) is 45.4. The van der Waals surface area contributed by atoms with Crippen molar-refractivity contribution in [2.24, 2.45) is 7.05 Å². The van der Waals surface area contributed by atoms with Crippen LogP contribution in [0.3, 0.4) is 0 Å². The van der Waals surface area contributed by atoms with Crippen molar-refractivity contribution in [3.8, 4) is 0 Å². The van der Waals surface area contributed by atoms with Gasteiger partial charge < -0.3 is 39.9 Å². The number of aliphatic carboxylic acids is 1. The number of nitrogens with zero attached hydrogens (tertiary/aromatic N) is 5. The fourth-order valence-electron chi connectivity index (χ4n) is 11.4. The second-order valence-corrected chi connectivity index (χ2v) is 20.9. The number of aromatic amines is 2. The maximum Gasteiger partial charge on any atom is 0.326 e. The number of Topliss-reactive ketones (excluding diaryl/α,β-unsaturated/α-hetero) is 2. The molecule has 19 heteroatoms. The highest BCUT2D eigenvalue weighted by molar-refractivity contribution is 6.23. The van der Waals surface area contributed by atoms with Gasteiger partial charge in [0, 0.05) is 132 Å². The zero-order valence-electron chi connectivity index (χ0n) is 43.9. The molecule has 1 aliphatic carbocycles. The highest BCUT2D eigenvalue weighted by atomic mass is 35.5. The first-order chi connectivity index (χ1) is 35.9. The number of carbonyl (C=O) groups excluding carboxylic acids is 5. The molecule has 2 aliphatic heterocycles. The third-order valence-corrected chi connectivity index (χ3v) is 15.9. The number of alkyl halides is 2. The van der Waals surface area contributed by atoms with Gasteiger partial charge in [-0.25, -0.2) is 9.78 Å². The second-order valence-electron chi connectivity index (χ2n) is 20.1. The number of carbonyl (C=O) groups is 6. The molecule has 0 spiro atoms. The Hall–Kier alpha value is -6.59. The Labute approximate surface area is 445 Å². The lowest BCUT2D eigenvalue weighted by Gasteiger charge is -2.22. The molecule has 2 amide bonds. The first-order valence-electron chi connectivity index (χ1n) is 25.9. The number of carboxylic acid groups (broad SMARTS) is 1. The van der Waals surface area contributed by atoms with Gasteiger partial charge in [0.25, 0.3) is 0 Å². The van der Waals surface area contributed by atoms with Gasteiger partial charge >= 0.3 is 11.9 Å². The van der Waals surface area contributed by atoms with Crippen molar-refractivity contribution in [1.29, 1.82) is 0 Å². The van der Waals surface area contributed by atoms with E-state index in [1.165, 1.54) is 7.11 Å². The number of anilines is 1. The Morgan fingerprint density at radius 2 is 1.55 bits per heavy atom. The number of rotatable bonds is 21. The first-order valence-corrected chi connectivity index (χ1v) is 27.0. The summed E-state index contributed by atoms with van der Waals surface area (Å²) >= 11 is 12.0. The fraction of sp³-hybridized carbons (Fsp3) is 0.482. The molecule has 4 aromatic heterocycles. The van der Waals surface area contributed by atoms with E-state index >= 15 is 0 Å². The Morgan fingerprint density at radius 1 is 0.867 bits per heavy atom. The van der Waals surface area contributed by atoms with E-state index in [-0.39, 0.29) is 61.7 Å². The number of esters is 1. The van der Waals surface area contributed by atoms with E-state index in [4.69, 9.17) is 42.9 Å². The van der Waals surface area contributed by atoms with Crippen LogP contribution in [0, 0.1) is 13.8 Å². The normalized spacial score (nSPS) is 18.3. The summed E-state index contributed by atoms with van der Waals surface area (Å²) in [6.07, 6.45) is 2.60. The number of nitrogens with one attached hydrogen (secondary N) is 4. The fourth-order valence-corrected chi connectivity index (χ4v) is 11.8. The smallest absolute Gasteiger partial charge is 0.326 e. The van der Waals surface area contributed by atoms with Crippen molar-refractivity contribution in [3.63, 3.8) is 0 Å². The summed E-state index contributed by atoms with van der Waals surface area (Å²) in [5.41, 5.74) is 10.9. The molecule has 6 atom stereocenters. The lowest BCUT2D eigenvalue weighted by atomic mass is 9.84. The van der Waals surface area contributed by atoms with Crippen LogP contribution in [0.4, 0.5) is 5.69 Å². The number of imidazole rings is 1. The molecule has 398 valence electrons. The monoisotopic (exact) mass is 1060 g/mol. The van der Waals surface area contributed by atoms with Crippen LogP contribution in [-0.4, -0.2) is 114 Å². The number of ketones is 2. The summed E-state index contributed by atoms with van der Waals surface area (Å²) in [5, 5.41) is 15.6. The minimum atomic E-state index is -1.28. The molecule has 6 heterocycles. The Balaban J connectivity index is 0.973. The maximum absolute atomic E-state index is 14.5. The van der Waals surface area contributed by atoms with Crippen LogP contribution < -0.4 is 15.5 Å². The number of benzene rings is 1. The summed E-state index contributed by atoms with van der Waals surface area (Å²) in [6.45, 7) is 13.0. The number of carboxylic acids is 1. The van der Waals surface area contributed by atoms with E-state index < -0.39 is 41.5 Å². The molecule has 5 aromatic rings. The van der Waals surface area contributed by atoms with Gasteiger partial charge in [-0.15, -0.1) is 23.2 Å². The zero-order chi connectivity index (χ0) is 54.0. The van der Waals surface area contributed by atoms with Crippen molar-refractivity contribution < 1.29 is 38.6 Å². The highest BCUT2D eigenvalue weighted by Crippen LogP contribution is 2.48. The van der Waals surface area contributed by atoms with Crippen LogP contribution in [0.2, 0.25) is 0 Å². The number of halogens is 2. The summed E-state index contributed by atoms with van der Waals surface area (Å²) in [7, 11) is 3.18. The van der Waals surface area contributed by atoms with Crippen LogP contribution in [0.25, 0.3) is 33.1 Å². The molecular weight excluding hydrogens is 998 g/mol. The van der Waals surface area contributed by atoms with Gasteiger partial charge in [0.2, 0.25) is 11.8 Å². The molecular formula is C56H67Cl2N9O8. The van der Waals surface area contributed by atoms with Crippen LogP contribution >= 0.6 is 23.2 Å². The van der Waals surface area contributed by atoms with Crippen molar-refractivity contribution in [2.75, 3.05) is 43.4 Å². The number of hydrogen-bond donors (Lipinski definition) is 5. The number of fused-ring (bicyclic) bond motifs is 9. The van der Waals surface area contributed by atoms with Gasteiger partial charge in [-0.2, -0.15) is 0 Å². The maximum atomic E-state index is 14.5. The standard InChI is InChI=1S/C56H67Cl2N9O8/c1-9-34-28(2)37-27-43-48(32(6)68)30(4)39(61-43)25-38-29(3)35(52(64-38)50-51(56(74)75-8)54(71)49-31(5)40(65-53(49)50)26-41(34)60-37)16-18-46(69)59-21-11-12-36(55(72)73)63-47(70)14-10-13-45-62-42-24-33(15-17-44(42)66(45)7)67(22-19-57)23-20-58/h15,17,24-29,34-36,51,61,65H,9-14,16,18-23H2,1-8H3,(H,59,69)(H,63,70)(H,72,73)/t28-,29+,34-,35+,36?,51?/m1/s1. The minimum Gasteiger partial charge on any atom is -0.480 e. The molecule has 0 radical (unpaired) electrons. The van der Waals surface area contributed by atoms with Crippen molar-refractivity contribution >= 4 is 97.3 Å². The van der Waals surface area contributed by atoms with Crippen molar-refractivity contribution in [1.82, 2.24) is 40.1 Å². The van der Waals surface area contributed by atoms with Crippen LogP contribution in [0.1, 0.15) is 168 Å². The lowest BCUT2D eigenvalue weighted by Crippen LogP contribution is -2.41. The predicted octanol–water partition coefficient (Wildman–Crippen LogP) is 9.21. The van der Waals surface area contributed by atoms with Crippen LogP contribution in [0.5, 0.6) is 0 Å². The number of methoxy groups -OCH3 is 1. The van der Waals surface area contributed by atoms with E-state index in [9.17, 15) is 33.9 Å². The van der Waals surface area contributed by atoms with E-state index in [1.807, 2.05) is 68.8 Å². The Bertz CT molecular complexity index is 3240. The molecule has 2 unspecified atom stereocenters. The number of aromatic nitrogens is 6. The summed E-state index contributed by atoms with van der Waals surface area (Å²) in [6, 6.07) is 10.7. The first kappa shape index (κ1) is 54.7. The van der Waals surface area contributed by atoms with Gasteiger partial charge in [0.05, 0.1) is 34.9 Å². The number of H-pyrrole nitrogens is 2. The molecule has 0 saturated carbocycles. The third-order valence-electron chi connectivity index (χ3n) is 15.6. The average molecular weight is 1070 g/mol. The average Bonchev–Trinajstić information content (AvgIpc) is 4.18. The van der Waals surface area contributed by atoms with Crippen LogP contribution in [-0.2, 0) is 37.4 Å². The van der Waals surface area contributed by atoms with E-state index in [0.717, 1.165) is 45.9 Å². The van der Waals surface area contributed by atoms with Gasteiger partial charge in [0.15, 0.2) is 11.6 Å². The van der Waals surface area contributed by atoms with Gasteiger partial charge in [-0.1, -0.05) is 20.8 Å². The molecule has 17 nitrogen and oxygen atoms in total. The number of aryl methyl sites for hydroxylation is 4. The predicted molar refractivity (Wildman–Crippen MR) is 291 cm³/mol. The molecule has 8 bridgehead atoms. The minimum absolute atomic E-state index is 0.0459. The van der Waals surface area contributed by atoms with Crippen LogP contribution in [0.15, 0.2) is 36.4 Å². The quantitative estimate of drug-likeness (QED) is 0.0152. The molecule has 1 aromatic carbocycles. The Kier molecular flexibility index (Phi) is 16.8. The SMILES string of the molecule is CC[C@H]1c2cc3[nH]c4c(c3C)C(=O)C(C(=O)OC)c4c3nc(cc4[nH]c(cc(n2)[C@@H]1C)c(C(C)=O)c4C)[C@@H](C)[C@@H]3CCC(=O)NCCCC(NC(=O)CCCc1nc2cc(N(CCCl)CCCl)ccc2n1C)C(=O)O. The lowest BCUT2D eigenvalue weighted by molar-refractivity contribution is -0.142. The van der Waals surface area contributed by atoms with Crippen molar-refractivity contribution in [2.45, 2.75) is 129 Å².